The molecule has 1 saturated heterocycles. The summed E-state index contributed by atoms with van der Waals surface area (Å²) >= 11 is 0. The van der Waals surface area contributed by atoms with Crippen LogP contribution in [-0.4, -0.2) is 46.7 Å². The molecule has 1 aliphatic heterocycles. The van der Waals surface area contributed by atoms with Gasteiger partial charge in [-0.05, 0) is 37.3 Å². The molecule has 1 saturated carbocycles. The second-order valence-corrected chi connectivity index (χ2v) is 7.33. The Hall–Kier alpha value is -2.40. The maximum absolute atomic E-state index is 13.0. The number of hydrogen-bond donors (Lipinski definition) is 1. The molecule has 2 fully saturated rings. The van der Waals surface area contributed by atoms with Crippen molar-refractivity contribution < 1.29 is 14.6 Å². The van der Waals surface area contributed by atoms with E-state index in [4.69, 9.17) is 4.74 Å². The first-order valence-electron chi connectivity index (χ1n) is 9.29. The van der Waals surface area contributed by atoms with Gasteiger partial charge in [-0.25, -0.2) is 4.98 Å². The van der Waals surface area contributed by atoms with Gasteiger partial charge in [-0.1, -0.05) is 30.3 Å². The first kappa shape index (κ1) is 17.0. The Balaban J connectivity index is 1.49. The van der Waals surface area contributed by atoms with Crippen molar-refractivity contribution >= 4 is 5.91 Å². The minimum Gasteiger partial charge on any atom is -0.474 e. The van der Waals surface area contributed by atoms with E-state index in [1.165, 1.54) is 6.42 Å². The van der Waals surface area contributed by atoms with Crippen molar-refractivity contribution in [1.82, 2.24) is 9.88 Å². The standard InChI is InChI=1S/C21H24N2O3/c24-15-21(17-5-2-1-3-6-17)10-12-23(14-21)20(25)16-9-11-22-19(13-16)26-18-7-4-8-18/h1-3,5-6,9,11,13,18,24H,4,7-8,10,12,14-15H2. The fraction of sp³-hybridized carbons (Fsp3) is 0.429. The smallest absolute Gasteiger partial charge is 0.254 e. The number of rotatable bonds is 5. The molecule has 0 bridgehead atoms. The molecule has 1 aliphatic carbocycles. The van der Waals surface area contributed by atoms with Crippen molar-refractivity contribution in [2.75, 3.05) is 19.7 Å². The molecule has 1 aromatic heterocycles. The van der Waals surface area contributed by atoms with Crippen LogP contribution in [0.25, 0.3) is 0 Å². The van der Waals surface area contributed by atoms with Gasteiger partial charge in [-0.2, -0.15) is 0 Å². The monoisotopic (exact) mass is 352 g/mol. The van der Waals surface area contributed by atoms with Gasteiger partial charge >= 0.3 is 0 Å². The van der Waals surface area contributed by atoms with Crippen LogP contribution in [0.3, 0.4) is 0 Å². The molecule has 5 nitrogen and oxygen atoms in total. The zero-order valence-electron chi connectivity index (χ0n) is 14.8. The van der Waals surface area contributed by atoms with Crippen LogP contribution in [0.15, 0.2) is 48.7 Å². The van der Waals surface area contributed by atoms with Gasteiger partial charge in [0.2, 0.25) is 5.88 Å². The Bertz CT molecular complexity index is 776. The number of likely N-dealkylation sites (tertiary alicyclic amines) is 1. The van der Waals surface area contributed by atoms with Crippen molar-refractivity contribution in [1.29, 1.82) is 0 Å². The molecule has 2 heterocycles. The van der Waals surface area contributed by atoms with E-state index in [9.17, 15) is 9.90 Å². The van der Waals surface area contributed by atoms with Crippen LogP contribution >= 0.6 is 0 Å². The summed E-state index contributed by atoms with van der Waals surface area (Å²) in [7, 11) is 0. The largest absolute Gasteiger partial charge is 0.474 e. The van der Waals surface area contributed by atoms with E-state index >= 15 is 0 Å². The fourth-order valence-electron chi connectivity index (χ4n) is 3.74. The third-order valence-electron chi connectivity index (χ3n) is 5.65. The molecule has 2 aliphatic rings. The zero-order valence-corrected chi connectivity index (χ0v) is 14.8. The lowest BCUT2D eigenvalue weighted by Crippen LogP contribution is -2.37. The van der Waals surface area contributed by atoms with Crippen LogP contribution in [0.2, 0.25) is 0 Å². The Kier molecular flexibility index (Phi) is 4.64. The second kappa shape index (κ2) is 7.08. The van der Waals surface area contributed by atoms with E-state index in [1.807, 2.05) is 35.2 Å². The zero-order chi connectivity index (χ0) is 18.0. The topological polar surface area (TPSA) is 62.7 Å². The first-order chi connectivity index (χ1) is 12.7. The number of carbonyl (C=O) groups excluding carboxylic acids is 1. The molecule has 1 unspecified atom stereocenters. The summed E-state index contributed by atoms with van der Waals surface area (Å²) in [5.41, 5.74) is 1.30. The van der Waals surface area contributed by atoms with Crippen LogP contribution in [0.4, 0.5) is 0 Å². The Labute approximate surface area is 153 Å². The molecule has 4 rings (SSSR count). The van der Waals surface area contributed by atoms with Crippen molar-refractivity contribution in [2.45, 2.75) is 37.2 Å². The summed E-state index contributed by atoms with van der Waals surface area (Å²) < 4.78 is 5.81. The lowest BCUT2D eigenvalue weighted by atomic mass is 9.80. The van der Waals surface area contributed by atoms with Gasteiger partial charge in [0, 0.05) is 36.3 Å². The number of amides is 1. The lowest BCUT2D eigenvalue weighted by molar-refractivity contribution is 0.0771. The molecule has 1 atom stereocenters. The highest BCUT2D eigenvalue weighted by Crippen LogP contribution is 2.35. The fourth-order valence-corrected chi connectivity index (χ4v) is 3.74. The highest BCUT2D eigenvalue weighted by molar-refractivity contribution is 5.94. The predicted octanol–water partition coefficient (Wildman–Crippen LogP) is 2.79. The third-order valence-corrected chi connectivity index (χ3v) is 5.65. The number of ether oxygens (including phenoxy) is 1. The number of pyridine rings is 1. The van der Waals surface area contributed by atoms with Crippen LogP contribution in [-0.2, 0) is 5.41 Å². The lowest BCUT2D eigenvalue weighted by Gasteiger charge is -2.28. The van der Waals surface area contributed by atoms with Crippen LogP contribution in [0.1, 0.15) is 41.6 Å². The number of aliphatic hydroxyl groups is 1. The van der Waals surface area contributed by atoms with Crippen molar-refractivity contribution in [3.05, 3.63) is 59.8 Å². The maximum atomic E-state index is 13.0. The van der Waals surface area contributed by atoms with Crippen molar-refractivity contribution in [3.8, 4) is 5.88 Å². The summed E-state index contributed by atoms with van der Waals surface area (Å²) in [5.74, 6) is 0.494. The van der Waals surface area contributed by atoms with E-state index in [0.29, 0.717) is 24.5 Å². The molecular weight excluding hydrogens is 328 g/mol. The number of benzene rings is 1. The summed E-state index contributed by atoms with van der Waals surface area (Å²) in [6.07, 6.45) is 5.94. The number of aliphatic hydroxyl groups excluding tert-OH is 1. The van der Waals surface area contributed by atoms with Gasteiger partial charge in [-0.15, -0.1) is 0 Å². The molecule has 5 heteroatoms. The third kappa shape index (κ3) is 3.19. The van der Waals surface area contributed by atoms with E-state index in [1.54, 1.807) is 18.3 Å². The second-order valence-electron chi connectivity index (χ2n) is 7.33. The summed E-state index contributed by atoms with van der Waals surface area (Å²) in [6, 6.07) is 13.4. The maximum Gasteiger partial charge on any atom is 0.254 e. The molecule has 1 N–H and O–H groups in total. The van der Waals surface area contributed by atoms with Gasteiger partial charge in [0.25, 0.3) is 5.91 Å². The average Bonchev–Trinajstić information content (AvgIpc) is 3.11. The molecule has 2 aromatic rings. The minimum atomic E-state index is -0.380. The SMILES string of the molecule is O=C(c1ccnc(OC2CCC2)c1)N1CCC(CO)(c2ccccc2)C1. The summed E-state index contributed by atoms with van der Waals surface area (Å²) in [4.78, 5) is 19.0. The normalized spacial score (nSPS) is 22.9. The number of nitrogens with zero attached hydrogens (tertiary/aromatic N) is 2. The quantitative estimate of drug-likeness (QED) is 0.899. The van der Waals surface area contributed by atoms with Gasteiger partial charge in [0.1, 0.15) is 6.10 Å². The van der Waals surface area contributed by atoms with Crippen molar-refractivity contribution in [3.63, 3.8) is 0 Å². The Morgan fingerprint density at radius 3 is 2.77 bits per heavy atom. The average molecular weight is 352 g/mol. The summed E-state index contributed by atoms with van der Waals surface area (Å²) in [5, 5.41) is 10.0. The number of carbonyl (C=O) groups is 1. The van der Waals surface area contributed by atoms with Gasteiger partial charge in [0.05, 0.1) is 6.61 Å². The Morgan fingerprint density at radius 2 is 2.08 bits per heavy atom. The van der Waals surface area contributed by atoms with E-state index in [-0.39, 0.29) is 24.0 Å². The number of hydrogen-bond acceptors (Lipinski definition) is 4. The van der Waals surface area contributed by atoms with Crippen LogP contribution < -0.4 is 4.74 Å². The molecule has 1 aromatic carbocycles. The Morgan fingerprint density at radius 1 is 1.27 bits per heavy atom. The van der Waals surface area contributed by atoms with E-state index < -0.39 is 0 Å². The predicted molar refractivity (Wildman–Crippen MR) is 98.2 cm³/mol. The molecule has 1 amide bonds. The van der Waals surface area contributed by atoms with Crippen LogP contribution in [0, 0.1) is 0 Å². The summed E-state index contributed by atoms with van der Waals surface area (Å²) in [6.45, 7) is 1.19. The van der Waals surface area contributed by atoms with E-state index in [0.717, 1.165) is 24.8 Å². The van der Waals surface area contributed by atoms with Crippen LogP contribution in [0.5, 0.6) is 5.88 Å². The van der Waals surface area contributed by atoms with Crippen molar-refractivity contribution in [2.24, 2.45) is 0 Å². The molecule has 136 valence electrons. The highest BCUT2D eigenvalue weighted by Gasteiger charge is 2.41. The molecular formula is C21H24N2O3. The molecule has 0 radical (unpaired) electrons. The first-order valence-corrected chi connectivity index (χ1v) is 9.29. The molecule has 26 heavy (non-hydrogen) atoms. The van der Waals surface area contributed by atoms with Gasteiger partial charge < -0.3 is 14.7 Å². The van der Waals surface area contributed by atoms with Gasteiger partial charge in [0.15, 0.2) is 0 Å². The molecule has 0 spiro atoms. The van der Waals surface area contributed by atoms with E-state index in [2.05, 4.69) is 4.98 Å². The highest BCUT2D eigenvalue weighted by atomic mass is 16.5. The number of aromatic nitrogens is 1. The minimum absolute atomic E-state index is 0.0304. The van der Waals surface area contributed by atoms with Gasteiger partial charge in [-0.3, -0.25) is 4.79 Å².